The highest BCUT2D eigenvalue weighted by Gasteiger charge is 2.53. The number of carbonyl (C=O) groups excluding carboxylic acids is 2. The standard InChI is InChI=1S/C16H24N4O2/c1-18-7-9-20-13-4-8-19(10-12(13)2-3-14(20)21)15(22)16(11-17)5-6-16/h12-13,18H,2-10H2,1H3/t12-,13+/m0/s1. The molecule has 0 aromatic heterocycles. The topological polar surface area (TPSA) is 76.4 Å². The zero-order valence-electron chi connectivity index (χ0n) is 13.2. The molecular weight excluding hydrogens is 280 g/mol. The van der Waals surface area contributed by atoms with Gasteiger partial charge >= 0.3 is 0 Å². The number of likely N-dealkylation sites (N-methyl/N-ethyl adjacent to an activating group) is 1. The molecule has 3 rings (SSSR count). The molecule has 2 saturated heterocycles. The molecule has 1 aliphatic carbocycles. The minimum atomic E-state index is -0.719. The molecule has 2 amide bonds. The van der Waals surface area contributed by atoms with Gasteiger partial charge in [0.1, 0.15) is 5.41 Å². The van der Waals surface area contributed by atoms with Crippen LogP contribution >= 0.6 is 0 Å². The van der Waals surface area contributed by atoms with Crippen molar-refractivity contribution in [1.29, 1.82) is 5.26 Å². The van der Waals surface area contributed by atoms with Crippen molar-refractivity contribution in [3.63, 3.8) is 0 Å². The normalized spacial score (nSPS) is 29.7. The van der Waals surface area contributed by atoms with Crippen molar-refractivity contribution in [2.45, 2.75) is 38.1 Å². The molecule has 3 aliphatic rings. The zero-order chi connectivity index (χ0) is 15.7. The van der Waals surface area contributed by atoms with E-state index in [-0.39, 0.29) is 17.9 Å². The first-order valence-electron chi connectivity index (χ1n) is 8.26. The van der Waals surface area contributed by atoms with Gasteiger partial charge in [-0.25, -0.2) is 0 Å². The maximum atomic E-state index is 12.5. The number of piperidine rings is 2. The van der Waals surface area contributed by atoms with Gasteiger partial charge in [0, 0.05) is 38.6 Å². The van der Waals surface area contributed by atoms with Crippen LogP contribution < -0.4 is 5.32 Å². The van der Waals surface area contributed by atoms with E-state index < -0.39 is 5.41 Å². The lowest BCUT2D eigenvalue weighted by Crippen LogP contribution is -2.58. The van der Waals surface area contributed by atoms with E-state index in [1.54, 1.807) is 0 Å². The maximum Gasteiger partial charge on any atom is 0.243 e. The van der Waals surface area contributed by atoms with Crippen molar-refractivity contribution in [2.24, 2.45) is 11.3 Å². The highest BCUT2D eigenvalue weighted by Crippen LogP contribution is 2.47. The summed E-state index contributed by atoms with van der Waals surface area (Å²) >= 11 is 0. The third-order valence-electron chi connectivity index (χ3n) is 5.41. The van der Waals surface area contributed by atoms with Gasteiger partial charge in [-0.3, -0.25) is 9.59 Å². The van der Waals surface area contributed by atoms with E-state index in [2.05, 4.69) is 11.4 Å². The van der Waals surface area contributed by atoms with Crippen molar-refractivity contribution in [3.05, 3.63) is 0 Å². The van der Waals surface area contributed by atoms with E-state index in [0.29, 0.717) is 38.3 Å². The summed E-state index contributed by atoms with van der Waals surface area (Å²) in [5, 5.41) is 12.3. The molecule has 120 valence electrons. The van der Waals surface area contributed by atoms with E-state index in [1.165, 1.54) is 0 Å². The van der Waals surface area contributed by atoms with Gasteiger partial charge in [0.25, 0.3) is 0 Å². The van der Waals surface area contributed by atoms with Crippen molar-refractivity contribution < 1.29 is 9.59 Å². The average Bonchev–Trinajstić information content (AvgIpc) is 3.34. The van der Waals surface area contributed by atoms with E-state index in [1.807, 2.05) is 16.8 Å². The number of amides is 2. The number of fused-ring (bicyclic) bond motifs is 1. The number of carbonyl (C=O) groups is 2. The van der Waals surface area contributed by atoms with Gasteiger partial charge in [0.05, 0.1) is 6.07 Å². The van der Waals surface area contributed by atoms with Crippen LogP contribution in [0.3, 0.4) is 0 Å². The van der Waals surface area contributed by atoms with Gasteiger partial charge in [-0.1, -0.05) is 0 Å². The molecule has 0 aromatic carbocycles. The summed E-state index contributed by atoms with van der Waals surface area (Å²) in [6.45, 7) is 2.92. The molecule has 0 bridgehead atoms. The molecule has 2 heterocycles. The summed E-state index contributed by atoms with van der Waals surface area (Å²) in [6.07, 6.45) is 3.70. The first-order chi connectivity index (χ1) is 10.6. The number of hydrogen-bond acceptors (Lipinski definition) is 4. The van der Waals surface area contributed by atoms with Gasteiger partial charge in [-0.2, -0.15) is 5.26 Å². The Morgan fingerprint density at radius 2 is 2.23 bits per heavy atom. The van der Waals surface area contributed by atoms with Gasteiger partial charge in [-0.05, 0) is 38.6 Å². The third-order valence-corrected chi connectivity index (χ3v) is 5.41. The van der Waals surface area contributed by atoms with Crippen LogP contribution in [-0.2, 0) is 9.59 Å². The molecule has 1 saturated carbocycles. The van der Waals surface area contributed by atoms with Gasteiger partial charge in [-0.15, -0.1) is 0 Å². The summed E-state index contributed by atoms with van der Waals surface area (Å²) in [5.41, 5.74) is -0.719. The Bertz CT molecular complexity index is 509. The number of rotatable bonds is 4. The molecule has 0 unspecified atom stereocenters. The Hall–Kier alpha value is -1.61. The fourth-order valence-corrected chi connectivity index (χ4v) is 3.86. The summed E-state index contributed by atoms with van der Waals surface area (Å²) in [5.74, 6) is 0.626. The second-order valence-corrected chi connectivity index (χ2v) is 6.79. The van der Waals surface area contributed by atoms with Crippen LogP contribution in [0.4, 0.5) is 0 Å². The van der Waals surface area contributed by atoms with Crippen LogP contribution in [0, 0.1) is 22.7 Å². The highest BCUT2D eigenvalue weighted by molar-refractivity contribution is 5.88. The van der Waals surface area contributed by atoms with Crippen LogP contribution in [0.15, 0.2) is 0 Å². The molecule has 2 atom stereocenters. The molecule has 0 spiro atoms. The summed E-state index contributed by atoms with van der Waals surface area (Å²) in [4.78, 5) is 28.6. The molecule has 22 heavy (non-hydrogen) atoms. The first kappa shape index (κ1) is 15.3. The minimum Gasteiger partial charge on any atom is -0.341 e. The van der Waals surface area contributed by atoms with Crippen LogP contribution in [0.1, 0.15) is 32.1 Å². The van der Waals surface area contributed by atoms with Crippen LogP contribution in [0.5, 0.6) is 0 Å². The lowest BCUT2D eigenvalue weighted by atomic mass is 9.83. The van der Waals surface area contributed by atoms with E-state index in [9.17, 15) is 14.9 Å². The Morgan fingerprint density at radius 1 is 1.45 bits per heavy atom. The van der Waals surface area contributed by atoms with E-state index in [4.69, 9.17) is 0 Å². The Balaban J connectivity index is 1.65. The molecule has 1 N–H and O–H groups in total. The SMILES string of the molecule is CNCCN1C(=O)CC[C@H]2CN(C(=O)C3(C#N)CC3)CC[C@H]21. The second kappa shape index (κ2) is 5.88. The zero-order valence-corrected chi connectivity index (χ0v) is 13.2. The van der Waals surface area contributed by atoms with Crippen LogP contribution in [-0.4, -0.2) is 60.9 Å². The van der Waals surface area contributed by atoms with Crippen molar-refractivity contribution >= 4 is 11.8 Å². The fraction of sp³-hybridized carbons (Fsp3) is 0.812. The molecule has 6 heteroatoms. The Morgan fingerprint density at radius 3 is 2.86 bits per heavy atom. The molecule has 0 aromatic rings. The largest absolute Gasteiger partial charge is 0.341 e. The predicted octanol–water partition coefficient (Wildman–Crippen LogP) is 0.349. The summed E-state index contributed by atoms with van der Waals surface area (Å²) < 4.78 is 0. The quantitative estimate of drug-likeness (QED) is 0.813. The van der Waals surface area contributed by atoms with Crippen LogP contribution in [0.2, 0.25) is 0 Å². The Labute approximate surface area is 131 Å². The highest BCUT2D eigenvalue weighted by atomic mass is 16.2. The van der Waals surface area contributed by atoms with Gasteiger partial charge in [0.15, 0.2) is 0 Å². The lowest BCUT2D eigenvalue weighted by molar-refractivity contribution is -0.145. The lowest BCUT2D eigenvalue weighted by Gasteiger charge is -2.47. The molecule has 0 radical (unpaired) electrons. The smallest absolute Gasteiger partial charge is 0.243 e. The monoisotopic (exact) mass is 304 g/mol. The third kappa shape index (κ3) is 2.58. The van der Waals surface area contributed by atoms with Gasteiger partial charge < -0.3 is 15.1 Å². The Kier molecular flexibility index (Phi) is 4.09. The van der Waals surface area contributed by atoms with Crippen molar-refractivity contribution in [3.8, 4) is 6.07 Å². The summed E-state index contributed by atoms with van der Waals surface area (Å²) in [6, 6.07) is 2.46. The fourth-order valence-electron chi connectivity index (χ4n) is 3.86. The second-order valence-electron chi connectivity index (χ2n) is 6.79. The number of nitrogens with one attached hydrogen (secondary N) is 1. The minimum absolute atomic E-state index is 0.0205. The molecule has 2 aliphatic heterocycles. The average molecular weight is 304 g/mol. The predicted molar refractivity (Wildman–Crippen MR) is 80.6 cm³/mol. The van der Waals surface area contributed by atoms with E-state index >= 15 is 0 Å². The molecular formula is C16H24N4O2. The first-order valence-corrected chi connectivity index (χ1v) is 8.26. The maximum absolute atomic E-state index is 12.5. The number of hydrogen-bond donors (Lipinski definition) is 1. The number of nitrogens with zero attached hydrogens (tertiary/aromatic N) is 3. The van der Waals surface area contributed by atoms with Crippen molar-refractivity contribution in [2.75, 3.05) is 33.2 Å². The summed E-state index contributed by atoms with van der Waals surface area (Å²) in [7, 11) is 1.89. The van der Waals surface area contributed by atoms with Crippen molar-refractivity contribution in [1.82, 2.24) is 15.1 Å². The van der Waals surface area contributed by atoms with E-state index in [0.717, 1.165) is 25.9 Å². The van der Waals surface area contributed by atoms with Gasteiger partial charge in [0.2, 0.25) is 11.8 Å². The number of nitriles is 1. The number of likely N-dealkylation sites (tertiary alicyclic amines) is 2. The molecule has 6 nitrogen and oxygen atoms in total. The van der Waals surface area contributed by atoms with Crippen LogP contribution in [0.25, 0.3) is 0 Å². The molecule has 3 fully saturated rings.